The van der Waals surface area contributed by atoms with Gasteiger partial charge in [-0.15, -0.1) is 0 Å². The van der Waals surface area contributed by atoms with Crippen molar-refractivity contribution in [2.24, 2.45) is 0 Å². The van der Waals surface area contributed by atoms with Crippen LogP contribution in [0.4, 0.5) is 0 Å². The third-order valence-electron chi connectivity index (χ3n) is 1.37. The van der Waals surface area contributed by atoms with Gasteiger partial charge in [-0.05, 0) is 19.1 Å². The van der Waals surface area contributed by atoms with E-state index in [0.29, 0.717) is 17.9 Å². The molecule has 0 fully saturated rings. The van der Waals surface area contributed by atoms with Crippen molar-refractivity contribution in [2.75, 3.05) is 6.54 Å². The molecule has 0 aliphatic carbocycles. The lowest BCUT2D eigenvalue weighted by Crippen LogP contribution is -2.17. The number of rotatable bonds is 4. The van der Waals surface area contributed by atoms with E-state index in [1.165, 1.54) is 0 Å². The first-order valence-electron chi connectivity index (χ1n) is 3.82. The van der Waals surface area contributed by atoms with Gasteiger partial charge in [0.25, 0.3) is 0 Å². The molecule has 0 spiro atoms. The number of benzene rings is 1. The van der Waals surface area contributed by atoms with E-state index in [0.717, 1.165) is 6.29 Å². The van der Waals surface area contributed by atoms with E-state index in [2.05, 4.69) is 5.48 Å². The first-order valence-corrected chi connectivity index (χ1v) is 3.82. The van der Waals surface area contributed by atoms with Crippen LogP contribution in [0.25, 0.3) is 0 Å². The van der Waals surface area contributed by atoms with Crippen molar-refractivity contribution < 1.29 is 9.63 Å². The van der Waals surface area contributed by atoms with Crippen LogP contribution < -0.4 is 10.3 Å². The Balaban J connectivity index is 2.75. The number of hydrogen-bond acceptors (Lipinski definition) is 3. The highest BCUT2D eigenvalue weighted by atomic mass is 16.6. The molecule has 1 rings (SSSR count). The molecule has 3 heteroatoms. The summed E-state index contributed by atoms with van der Waals surface area (Å²) in [7, 11) is 0. The summed E-state index contributed by atoms with van der Waals surface area (Å²) in [6.07, 6.45) is 0.771. The zero-order valence-electron chi connectivity index (χ0n) is 6.91. The van der Waals surface area contributed by atoms with E-state index in [9.17, 15) is 4.79 Å². The van der Waals surface area contributed by atoms with Gasteiger partial charge in [-0.3, -0.25) is 4.79 Å². The molecule has 0 aliphatic rings. The predicted molar refractivity (Wildman–Crippen MR) is 46.1 cm³/mol. The normalized spacial score (nSPS) is 9.42. The molecule has 0 amide bonds. The second kappa shape index (κ2) is 4.51. The molecule has 0 aliphatic heterocycles. The molecule has 0 radical (unpaired) electrons. The third kappa shape index (κ3) is 2.07. The molecule has 64 valence electrons. The fourth-order valence-electron chi connectivity index (χ4n) is 0.821. The number of hydroxylamine groups is 1. The lowest BCUT2D eigenvalue weighted by atomic mass is 10.2. The molecule has 1 aromatic carbocycles. The van der Waals surface area contributed by atoms with Crippen LogP contribution in [-0.2, 0) is 0 Å². The van der Waals surface area contributed by atoms with E-state index >= 15 is 0 Å². The molecule has 0 aromatic heterocycles. The molecule has 3 nitrogen and oxygen atoms in total. The molecule has 1 aromatic rings. The van der Waals surface area contributed by atoms with Crippen LogP contribution in [0.5, 0.6) is 5.75 Å². The van der Waals surface area contributed by atoms with Crippen LogP contribution in [0.1, 0.15) is 17.3 Å². The van der Waals surface area contributed by atoms with Gasteiger partial charge in [0.15, 0.2) is 12.0 Å². The van der Waals surface area contributed by atoms with Crippen molar-refractivity contribution in [2.45, 2.75) is 6.92 Å². The molecule has 0 unspecified atom stereocenters. The first-order chi connectivity index (χ1) is 5.88. The minimum absolute atomic E-state index is 0.554. The van der Waals surface area contributed by atoms with Crippen LogP contribution >= 0.6 is 0 Å². The van der Waals surface area contributed by atoms with Crippen molar-refractivity contribution in [1.29, 1.82) is 0 Å². The fourth-order valence-corrected chi connectivity index (χ4v) is 0.821. The summed E-state index contributed by atoms with van der Waals surface area (Å²) < 4.78 is 0. The number of carbonyl (C=O) groups is 1. The highest BCUT2D eigenvalue weighted by Gasteiger charge is 1.99. The van der Waals surface area contributed by atoms with E-state index < -0.39 is 0 Å². The zero-order valence-corrected chi connectivity index (χ0v) is 6.91. The van der Waals surface area contributed by atoms with Crippen LogP contribution in [0, 0.1) is 0 Å². The maximum Gasteiger partial charge on any atom is 0.157 e. The molecular weight excluding hydrogens is 154 g/mol. The molecule has 0 atom stereocenters. The Labute approximate surface area is 71.3 Å². The number of carbonyl (C=O) groups excluding carboxylic acids is 1. The van der Waals surface area contributed by atoms with Gasteiger partial charge < -0.3 is 4.84 Å². The van der Waals surface area contributed by atoms with Gasteiger partial charge in [-0.25, -0.2) is 0 Å². The third-order valence-corrected chi connectivity index (χ3v) is 1.37. The molecule has 1 N–H and O–H groups in total. The number of nitrogens with one attached hydrogen (secondary N) is 1. The first kappa shape index (κ1) is 8.74. The quantitative estimate of drug-likeness (QED) is 0.541. The summed E-state index contributed by atoms with van der Waals surface area (Å²) in [5, 5.41) is 0. The minimum Gasteiger partial charge on any atom is -0.408 e. The second-order valence-electron chi connectivity index (χ2n) is 2.26. The van der Waals surface area contributed by atoms with Gasteiger partial charge in [0.05, 0.1) is 5.56 Å². The molecule has 0 bridgehead atoms. The standard InChI is InChI=1S/C9H11NO2/c1-2-10-12-9-6-4-3-5-8(9)7-11/h3-7,10H,2H2,1H3. The molecule has 0 saturated heterocycles. The highest BCUT2D eigenvalue weighted by molar-refractivity contribution is 5.79. The Kier molecular flexibility index (Phi) is 3.29. The minimum atomic E-state index is 0.554. The fraction of sp³-hybridized carbons (Fsp3) is 0.222. The summed E-state index contributed by atoms with van der Waals surface area (Å²) in [5.41, 5.74) is 3.23. The summed E-state index contributed by atoms with van der Waals surface area (Å²) in [6, 6.07) is 7.06. The van der Waals surface area contributed by atoms with Crippen molar-refractivity contribution in [3.8, 4) is 5.75 Å². The van der Waals surface area contributed by atoms with Crippen LogP contribution in [-0.4, -0.2) is 12.8 Å². The lowest BCUT2D eigenvalue weighted by Gasteiger charge is -2.05. The van der Waals surface area contributed by atoms with Crippen molar-refractivity contribution >= 4 is 6.29 Å². The Morgan fingerprint density at radius 3 is 2.92 bits per heavy atom. The number of hydrogen-bond donors (Lipinski definition) is 1. The molecule has 0 saturated carbocycles. The van der Waals surface area contributed by atoms with Gasteiger partial charge in [0.1, 0.15) is 0 Å². The Hall–Kier alpha value is -1.35. The summed E-state index contributed by atoms with van der Waals surface area (Å²) in [6.45, 7) is 2.62. The second-order valence-corrected chi connectivity index (χ2v) is 2.26. The van der Waals surface area contributed by atoms with Gasteiger partial charge in [0.2, 0.25) is 0 Å². The van der Waals surface area contributed by atoms with E-state index in [-0.39, 0.29) is 0 Å². The average molecular weight is 165 g/mol. The van der Waals surface area contributed by atoms with E-state index in [1.807, 2.05) is 13.0 Å². The molecule has 0 heterocycles. The highest BCUT2D eigenvalue weighted by Crippen LogP contribution is 2.13. The smallest absolute Gasteiger partial charge is 0.157 e. The average Bonchev–Trinajstić information content (AvgIpc) is 2.15. The lowest BCUT2D eigenvalue weighted by molar-refractivity contribution is 0.111. The zero-order chi connectivity index (χ0) is 8.81. The Bertz CT molecular complexity index is 260. The maximum atomic E-state index is 10.5. The summed E-state index contributed by atoms with van der Waals surface area (Å²) in [4.78, 5) is 15.6. The Morgan fingerprint density at radius 2 is 2.25 bits per heavy atom. The van der Waals surface area contributed by atoms with Crippen LogP contribution in [0.3, 0.4) is 0 Å². The van der Waals surface area contributed by atoms with Crippen molar-refractivity contribution in [3.05, 3.63) is 29.8 Å². The summed E-state index contributed by atoms with van der Waals surface area (Å²) >= 11 is 0. The van der Waals surface area contributed by atoms with Crippen LogP contribution in [0.2, 0.25) is 0 Å². The van der Waals surface area contributed by atoms with Crippen molar-refractivity contribution in [1.82, 2.24) is 5.48 Å². The van der Waals surface area contributed by atoms with Crippen molar-refractivity contribution in [3.63, 3.8) is 0 Å². The number of aldehydes is 1. The monoisotopic (exact) mass is 165 g/mol. The van der Waals surface area contributed by atoms with Gasteiger partial charge in [-0.2, -0.15) is 5.48 Å². The predicted octanol–water partition coefficient (Wildman–Crippen LogP) is 1.40. The maximum absolute atomic E-state index is 10.5. The summed E-state index contributed by atoms with van der Waals surface area (Å²) in [5.74, 6) is 0.564. The largest absolute Gasteiger partial charge is 0.408 e. The van der Waals surface area contributed by atoms with E-state index in [4.69, 9.17) is 4.84 Å². The molecular formula is C9H11NO2. The van der Waals surface area contributed by atoms with Crippen LogP contribution in [0.15, 0.2) is 24.3 Å². The van der Waals surface area contributed by atoms with Gasteiger partial charge in [-0.1, -0.05) is 12.1 Å². The van der Waals surface area contributed by atoms with Gasteiger partial charge >= 0.3 is 0 Å². The topological polar surface area (TPSA) is 38.3 Å². The molecule has 12 heavy (non-hydrogen) atoms. The van der Waals surface area contributed by atoms with E-state index in [1.54, 1.807) is 18.2 Å². The van der Waals surface area contributed by atoms with Gasteiger partial charge in [0, 0.05) is 6.54 Å². The Morgan fingerprint density at radius 1 is 1.50 bits per heavy atom. The SMILES string of the molecule is CCNOc1ccccc1C=O. The number of para-hydroxylation sites is 1.